The van der Waals surface area contributed by atoms with Gasteiger partial charge in [-0.3, -0.25) is 4.79 Å². The van der Waals surface area contributed by atoms with Gasteiger partial charge in [0.1, 0.15) is 5.56 Å². The second-order valence-corrected chi connectivity index (χ2v) is 7.29. The molecule has 7 nitrogen and oxygen atoms in total. The van der Waals surface area contributed by atoms with Crippen molar-refractivity contribution >= 4 is 24.1 Å². The number of nitrogens with two attached hydrogens (primary N) is 1. The molecule has 2 aromatic rings. The number of hydrogen-bond donors (Lipinski definition) is 1. The predicted molar refractivity (Wildman–Crippen MR) is 112 cm³/mol. The molecule has 1 atom stereocenters. The average Bonchev–Trinajstić information content (AvgIpc) is 3.13. The van der Waals surface area contributed by atoms with Gasteiger partial charge < -0.3 is 24.8 Å². The van der Waals surface area contributed by atoms with E-state index in [1.807, 2.05) is 4.90 Å². The van der Waals surface area contributed by atoms with E-state index in [4.69, 9.17) is 15.0 Å². The summed E-state index contributed by atoms with van der Waals surface area (Å²) in [4.78, 5) is 17.0. The second-order valence-electron chi connectivity index (χ2n) is 7.29. The number of anilines is 1. The van der Waals surface area contributed by atoms with Crippen LogP contribution in [0.3, 0.4) is 0 Å². The number of amides is 1. The number of carbonyl (C=O) groups excluding carboxylic acids is 1. The quantitative estimate of drug-likeness (QED) is 0.763. The molecule has 1 aromatic carbocycles. The number of rotatable bonds is 6. The molecule has 2 heterocycles. The Bertz CT molecular complexity index is 841. The van der Waals surface area contributed by atoms with Gasteiger partial charge in [-0.2, -0.15) is 0 Å². The molecule has 1 saturated heterocycles. The van der Waals surface area contributed by atoms with Crippen LogP contribution in [0.25, 0.3) is 11.3 Å². The van der Waals surface area contributed by atoms with Crippen LogP contribution in [0.4, 0.5) is 10.2 Å². The number of hydrogen-bond acceptors (Lipinski definition) is 6. The molecule has 1 aliphatic heterocycles. The van der Waals surface area contributed by atoms with Crippen molar-refractivity contribution < 1.29 is 18.4 Å². The Balaban J connectivity index is 0.00000300. The van der Waals surface area contributed by atoms with E-state index in [0.717, 1.165) is 19.3 Å². The predicted octanol–water partition coefficient (Wildman–Crippen LogP) is 3.18. The largest absolute Gasteiger partial charge is 0.494 e. The van der Waals surface area contributed by atoms with Gasteiger partial charge in [-0.15, -0.1) is 12.4 Å². The van der Waals surface area contributed by atoms with Crippen molar-refractivity contribution in [1.29, 1.82) is 0 Å². The van der Waals surface area contributed by atoms with Gasteiger partial charge in [0.2, 0.25) is 0 Å². The normalized spacial score (nSPS) is 16.3. The van der Waals surface area contributed by atoms with Crippen LogP contribution in [0.2, 0.25) is 0 Å². The summed E-state index contributed by atoms with van der Waals surface area (Å²) in [7, 11) is 5.00. The molecule has 9 heteroatoms. The van der Waals surface area contributed by atoms with E-state index in [-0.39, 0.29) is 24.1 Å². The van der Waals surface area contributed by atoms with Crippen molar-refractivity contribution in [3.8, 4) is 17.1 Å². The molecule has 1 aromatic heterocycles. The lowest BCUT2D eigenvalue weighted by molar-refractivity contribution is 0.0670. The fourth-order valence-electron chi connectivity index (χ4n) is 3.66. The SMILES string of the molecule is COc1cc(-c2onc(N(C)C)c2C(=O)N2CCCC(CCN)C2)ccc1F.Cl. The van der Waals surface area contributed by atoms with Gasteiger partial charge in [-0.1, -0.05) is 5.16 Å². The van der Waals surface area contributed by atoms with Crippen molar-refractivity contribution in [3.05, 3.63) is 29.6 Å². The fourth-order valence-corrected chi connectivity index (χ4v) is 3.66. The third-order valence-corrected chi connectivity index (χ3v) is 5.11. The van der Waals surface area contributed by atoms with Crippen LogP contribution in [0, 0.1) is 11.7 Å². The van der Waals surface area contributed by atoms with Crippen molar-refractivity contribution in [2.24, 2.45) is 11.7 Å². The van der Waals surface area contributed by atoms with Crippen LogP contribution in [-0.4, -0.2) is 56.8 Å². The first-order chi connectivity index (χ1) is 13.5. The summed E-state index contributed by atoms with van der Waals surface area (Å²) >= 11 is 0. The first-order valence-electron chi connectivity index (χ1n) is 9.46. The Hall–Kier alpha value is -2.32. The van der Waals surface area contributed by atoms with E-state index in [0.29, 0.717) is 48.3 Å². The summed E-state index contributed by atoms with van der Waals surface area (Å²) in [5, 5.41) is 4.09. The summed E-state index contributed by atoms with van der Waals surface area (Å²) in [6.07, 6.45) is 2.92. The topological polar surface area (TPSA) is 84.8 Å². The van der Waals surface area contributed by atoms with Crippen molar-refractivity contribution in [3.63, 3.8) is 0 Å². The highest BCUT2D eigenvalue weighted by molar-refractivity contribution is 6.04. The lowest BCUT2D eigenvalue weighted by atomic mass is 9.94. The zero-order valence-corrected chi connectivity index (χ0v) is 17.8. The summed E-state index contributed by atoms with van der Waals surface area (Å²) < 4.78 is 24.4. The molecule has 160 valence electrons. The Morgan fingerprint density at radius 2 is 2.21 bits per heavy atom. The molecule has 3 rings (SSSR count). The van der Waals surface area contributed by atoms with Crippen LogP contribution < -0.4 is 15.4 Å². The zero-order chi connectivity index (χ0) is 20.3. The Morgan fingerprint density at radius 3 is 2.86 bits per heavy atom. The van der Waals surface area contributed by atoms with Crippen molar-refractivity contribution in [2.75, 3.05) is 45.7 Å². The zero-order valence-electron chi connectivity index (χ0n) is 17.0. The molecular weight excluding hydrogens is 399 g/mol. The summed E-state index contributed by atoms with van der Waals surface area (Å²) in [6.45, 7) is 1.97. The smallest absolute Gasteiger partial charge is 0.261 e. The van der Waals surface area contributed by atoms with Crippen LogP contribution in [0.5, 0.6) is 5.75 Å². The highest BCUT2D eigenvalue weighted by Crippen LogP contribution is 2.35. The number of halogens is 2. The Labute approximate surface area is 176 Å². The third kappa shape index (κ3) is 4.82. The van der Waals surface area contributed by atoms with Gasteiger partial charge in [-0.25, -0.2) is 4.39 Å². The third-order valence-electron chi connectivity index (χ3n) is 5.11. The van der Waals surface area contributed by atoms with Crippen LogP contribution >= 0.6 is 12.4 Å². The van der Waals surface area contributed by atoms with Crippen LogP contribution in [0.15, 0.2) is 22.7 Å². The number of benzene rings is 1. The van der Waals surface area contributed by atoms with Gasteiger partial charge in [0.25, 0.3) is 5.91 Å². The number of ether oxygens (including phenoxy) is 1. The first-order valence-corrected chi connectivity index (χ1v) is 9.46. The van der Waals surface area contributed by atoms with Gasteiger partial charge in [0.15, 0.2) is 23.1 Å². The second kappa shape index (κ2) is 9.93. The molecule has 0 spiro atoms. The maximum Gasteiger partial charge on any atom is 0.261 e. The molecule has 1 amide bonds. The summed E-state index contributed by atoms with van der Waals surface area (Å²) in [6, 6.07) is 4.36. The number of nitrogens with zero attached hydrogens (tertiary/aromatic N) is 3. The molecule has 0 aliphatic carbocycles. The summed E-state index contributed by atoms with van der Waals surface area (Å²) in [5.74, 6) is 0.633. The van der Waals surface area contributed by atoms with E-state index in [9.17, 15) is 9.18 Å². The molecule has 0 saturated carbocycles. The van der Waals surface area contributed by atoms with Crippen molar-refractivity contribution in [2.45, 2.75) is 19.3 Å². The number of carbonyl (C=O) groups is 1. The van der Waals surface area contributed by atoms with Gasteiger partial charge in [-0.05, 0) is 49.9 Å². The maximum atomic E-state index is 13.8. The molecule has 2 N–H and O–H groups in total. The van der Waals surface area contributed by atoms with Gasteiger partial charge in [0, 0.05) is 32.7 Å². The van der Waals surface area contributed by atoms with Crippen molar-refractivity contribution in [1.82, 2.24) is 10.1 Å². The minimum Gasteiger partial charge on any atom is -0.494 e. The minimum absolute atomic E-state index is 0. The highest BCUT2D eigenvalue weighted by atomic mass is 35.5. The molecule has 0 radical (unpaired) electrons. The molecule has 29 heavy (non-hydrogen) atoms. The monoisotopic (exact) mass is 426 g/mol. The molecule has 0 bridgehead atoms. The standard InChI is InChI=1S/C20H27FN4O3.ClH/c1-24(2)19-17(20(26)25-10-4-5-13(12-25)8-9-22)18(28-23-19)14-6-7-15(21)16(11-14)27-3;/h6-7,11,13H,4-5,8-10,12,22H2,1-3H3;1H. The Kier molecular flexibility index (Phi) is 7.87. The summed E-state index contributed by atoms with van der Waals surface area (Å²) in [5.41, 5.74) is 6.62. The Morgan fingerprint density at radius 1 is 1.45 bits per heavy atom. The lowest BCUT2D eigenvalue weighted by Crippen LogP contribution is -2.41. The minimum atomic E-state index is -0.480. The number of aromatic nitrogens is 1. The lowest BCUT2D eigenvalue weighted by Gasteiger charge is -2.33. The highest BCUT2D eigenvalue weighted by Gasteiger charge is 2.32. The first kappa shape index (κ1) is 23.0. The van der Waals surface area contributed by atoms with E-state index in [1.165, 1.54) is 19.2 Å². The number of methoxy groups -OCH3 is 1. The number of likely N-dealkylation sites (tertiary alicyclic amines) is 1. The number of piperidine rings is 1. The van der Waals surface area contributed by atoms with E-state index >= 15 is 0 Å². The van der Waals surface area contributed by atoms with Crippen LogP contribution in [-0.2, 0) is 0 Å². The average molecular weight is 427 g/mol. The molecule has 1 aliphatic rings. The molecule has 1 unspecified atom stereocenters. The van der Waals surface area contributed by atoms with E-state index < -0.39 is 5.82 Å². The fraction of sp³-hybridized carbons (Fsp3) is 0.500. The van der Waals surface area contributed by atoms with E-state index in [2.05, 4.69) is 5.16 Å². The van der Waals surface area contributed by atoms with Gasteiger partial charge >= 0.3 is 0 Å². The molecular formula is C20H28ClFN4O3. The maximum absolute atomic E-state index is 13.8. The van der Waals surface area contributed by atoms with E-state index in [1.54, 1.807) is 25.1 Å². The van der Waals surface area contributed by atoms with Gasteiger partial charge in [0.05, 0.1) is 7.11 Å². The molecule has 1 fully saturated rings. The van der Waals surface area contributed by atoms with Crippen LogP contribution in [0.1, 0.15) is 29.6 Å².